The molecule has 1 fully saturated rings. The summed E-state index contributed by atoms with van der Waals surface area (Å²) in [7, 11) is 0. The van der Waals surface area contributed by atoms with E-state index in [4.69, 9.17) is 10.8 Å². The molecule has 94 valence electrons. The molecule has 0 amide bonds. The van der Waals surface area contributed by atoms with Crippen molar-refractivity contribution in [2.45, 2.75) is 51.6 Å². The van der Waals surface area contributed by atoms with Gasteiger partial charge in [0.2, 0.25) is 0 Å². The number of nitrogens with zero attached hydrogens (tertiary/aromatic N) is 1. The first-order valence-electron chi connectivity index (χ1n) is 6.09. The predicted molar refractivity (Wildman–Crippen MR) is 64.3 cm³/mol. The summed E-state index contributed by atoms with van der Waals surface area (Å²) in [5.41, 5.74) is 4.66. The van der Waals surface area contributed by atoms with Gasteiger partial charge >= 0.3 is 5.97 Å². The highest BCUT2D eigenvalue weighted by molar-refractivity contribution is 5.77. The van der Waals surface area contributed by atoms with Crippen molar-refractivity contribution in [2.24, 2.45) is 11.7 Å². The summed E-state index contributed by atoms with van der Waals surface area (Å²) in [6, 6.07) is 0.249. The molecule has 0 bridgehead atoms. The molecule has 1 heterocycles. The van der Waals surface area contributed by atoms with Gasteiger partial charge in [-0.25, -0.2) is 0 Å². The lowest BCUT2D eigenvalue weighted by Crippen LogP contribution is -2.51. The third kappa shape index (κ3) is 3.46. The summed E-state index contributed by atoms with van der Waals surface area (Å²) in [6.07, 6.45) is 2.92. The Morgan fingerprint density at radius 2 is 2.06 bits per heavy atom. The number of nitrogens with two attached hydrogens (primary N) is 1. The van der Waals surface area contributed by atoms with Crippen molar-refractivity contribution in [2.75, 3.05) is 13.1 Å². The average Bonchev–Trinajstić information content (AvgIpc) is 2.17. The van der Waals surface area contributed by atoms with Crippen LogP contribution in [0.2, 0.25) is 0 Å². The number of hydrogen-bond acceptors (Lipinski definition) is 3. The fraction of sp³-hybridized carbons (Fsp3) is 0.917. The predicted octanol–water partition coefficient (Wildman–Crippen LogP) is 1.30. The number of carbonyl (C=O) groups is 1. The topological polar surface area (TPSA) is 66.6 Å². The second kappa shape index (κ2) is 5.15. The van der Waals surface area contributed by atoms with E-state index in [-0.39, 0.29) is 6.04 Å². The minimum atomic E-state index is -1.11. The quantitative estimate of drug-likeness (QED) is 0.761. The number of hydrogen-bond donors (Lipinski definition) is 2. The van der Waals surface area contributed by atoms with E-state index in [9.17, 15) is 4.79 Å². The van der Waals surface area contributed by atoms with Gasteiger partial charge in [-0.15, -0.1) is 0 Å². The first kappa shape index (κ1) is 13.5. The number of likely N-dealkylation sites (tertiary alicyclic amines) is 1. The summed E-state index contributed by atoms with van der Waals surface area (Å²) < 4.78 is 0. The molecule has 0 saturated carbocycles. The number of aliphatic carboxylic acids is 1. The molecule has 4 heteroatoms. The Morgan fingerprint density at radius 3 is 2.50 bits per heavy atom. The lowest BCUT2D eigenvalue weighted by Gasteiger charge is -2.37. The molecule has 2 unspecified atom stereocenters. The van der Waals surface area contributed by atoms with Crippen molar-refractivity contribution in [3.63, 3.8) is 0 Å². The van der Waals surface area contributed by atoms with E-state index in [0.717, 1.165) is 19.0 Å². The lowest BCUT2D eigenvalue weighted by molar-refractivity contribution is -0.143. The molecule has 2 atom stereocenters. The Hall–Kier alpha value is -0.610. The fourth-order valence-electron chi connectivity index (χ4n) is 2.30. The number of carboxylic acids is 1. The molecule has 16 heavy (non-hydrogen) atoms. The minimum Gasteiger partial charge on any atom is -0.480 e. The van der Waals surface area contributed by atoms with Crippen molar-refractivity contribution >= 4 is 5.97 Å². The zero-order valence-electron chi connectivity index (χ0n) is 10.6. The number of rotatable bonds is 4. The highest BCUT2D eigenvalue weighted by Gasteiger charge is 2.32. The SMILES string of the molecule is CC1CCN(C(C)CC(C)(N)C(=O)O)CC1. The zero-order chi connectivity index (χ0) is 12.3. The Labute approximate surface area is 97.8 Å². The Morgan fingerprint density at radius 1 is 1.56 bits per heavy atom. The van der Waals surface area contributed by atoms with E-state index in [1.807, 2.05) is 0 Å². The van der Waals surface area contributed by atoms with Crippen LogP contribution in [0.1, 0.15) is 40.0 Å². The summed E-state index contributed by atoms with van der Waals surface area (Å²) in [4.78, 5) is 13.3. The van der Waals surface area contributed by atoms with Crippen LogP contribution in [0.4, 0.5) is 0 Å². The standard InChI is InChI=1S/C12H24N2O2/c1-9-4-6-14(7-5-9)10(2)8-12(3,13)11(15)16/h9-10H,4-8,13H2,1-3H3,(H,15,16). The van der Waals surface area contributed by atoms with E-state index in [2.05, 4.69) is 18.7 Å². The van der Waals surface area contributed by atoms with Crippen LogP contribution < -0.4 is 5.73 Å². The minimum absolute atomic E-state index is 0.249. The maximum Gasteiger partial charge on any atom is 0.323 e. The first-order valence-corrected chi connectivity index (χ1v) is 6.09. The number of piperidine rings is 1. The second-order valence-corrected chi connectivity index (χ2v) is 5.49. The zero-order valence-corrected chi connectivity index (χ0v) is 10.6. The van der Waals surface area contributed by atoms with E-state index in [0.29, 0.717) is 6.42 Å². The summed E-state index contributed by atoms with van der Waals surface area (Å²) in [5, 5.41) is 8.99. The molecule has 3 N–H and O–H groups in total. The molecule has 0 spiro atoms. The maximum atomic E-state index is 10.9. The van der Waals surface area contributed by atoms with Crippen molar-refractivity contribution in [3.8, 4) is 0 Å². The molecule has 0 radical (unpaired) electrons. The van der Waals surface area contributed by atoms with Crippen LogP contribution in [-0.2, 0) is 4.79 Å². The van der Waals surface area contributed by atoms with Gasteiger partial charge in [0, 0.05) is 6.04 Å². The normalized spacial score (nSPS) is 25.0. The average molecular weight is 228 g/mol. The summed E-state index contributed by atoms with van der Waals surface area (Å²) in [6.45, 7) is 8.07. The van der Waals surface area contributed by atoms with Crippen LogP contribution in [-0.4, -0.2) is 40.6 Å². The van der Waals surface area contributed by atoms with Crippen LogP contribution in [0.3, 0.4) is 0 Å². The Bertz CT molecular complexity index is 245. The maximum absolute atomic E-state index is 10.9. The molecule has 1 rings (SSSR count). The molecular weight excluding hydrogens is 204 g/mol. The highest BCUT2D eigenvalue weighted by atomic mass is 16.4. The molecule has 0 aromatic heterocycles. The number of carboxylic acid groups (broad SMARTS) is 1. The molecule has 0 aromatic carbocycles. The monoisotopic (exact) mass is 228 g/mol. The molecule has 1 aliphatic rings. The van der Waals surface area contributed by atoms with Crippen LogP contribution in [0.15, 0.2) is 0 Å². The van der Waals surface area contributed by atoms with E-state index >= 15 is 0 Å². The second-order valence-electron chi connectivity index (χ2n) is 5.49. The van der Waals surface area contributed by atoms with Gasteiger partial charge in [0.05, 0.1) is 0 Å². The van der Waals surface area contributed by atoms with E-state index in [1.165, 1.54) is 12.8 Å². The largest absolute Gasteiger partial charge is 0.480 e. The van der Waals surface area contributed by atoms with E-state index < -0.39 is 11.5 Å². The Balaban J connectivity index is 2.46. The van der Waals surface area contributed by atoms with Gasteiger partial charge in [-0.05, 0) is 52.1 Å². The summed E-state index contributed by atoms with van der Waals surface area (Å²) >= 11 is 0. The van der Waals surface area contributed by atoms with Crippen molar-refractivity contribution in [3.05, 3.63) is 0 Å². The van der Waals surface area contributed by atoms with Gasteiger partial charge in [-0.2, -0.15) is 0 Å². The molecule has 0 aliphatic carbocycles. The van der Waals surface area contributed by atoms with Crippen LogP contribution in [0.5, 0.6) is 0 Å². The van der Waals surface area contributed by atoms with E-state index in [1.54, 1.807) is 6.92 Å². The van der Waals surface area contributed by atoms with Gasteiger partial charge in [0.1, 0.15) is 5.54 Å². The van der Waals surface area contributed by atoms with Gasteiger partial charge in [-0.1, -0.05) is 6.92 Å². The van der Waals surface area contributed by atoms with Gasteiger partial charge in [0.25, 0.3) is 0 Å². The third-order valence-electron chi connectivity index (χ3n) is 3.65. The Kier molecular flexibility index (Phi) is 4.33. The fourth-order valence-corrected chi connectivity index (χ4v) is 2.30. The van der Waals surface area contributed by atoms with Crippen molar-refractivity contribution in [1.82, 2.24) is 4.90 Å². The van der Waals surface area contributed by atoms with Crippen LogP contribution in [0.25, 0.3) is 0 Å². The third-order valence-corrected chi connectivity index (χ3v) is 3.65. The highest BCUT2D eigenvalue weighted by Crippen LogP contribution is 2.21. The molecule has 0 aromatic rings. The lowest BCUT2D eigenvalue weighted by atomic mass is 9.92. The molecule has 4 nitrogen and oxygen atoms in total. The van der Waals surface area contributed by atoms with Crippen molar-refractivity contribution < 1.29 is 9.90 Å². The first-order chi connectivity index (χ1) is 7.33. The van der Waals surface area contributed by atoms with Crippen molar-refractivity contribution in [1.29, 1.82) is 0 Å². The van der Waals surface area contributed by atoms with Gasteiger partial charge in [0.15, 0.2) is 0 Å². The smallest absolute Gasteiger partial charge is 0.323 e. The van der Waals surface area contributed by atoms with Gasteiger partial charge < -0.3 is 15.7 Å². The van der Waals surface area contributed by atoms with Crippen LogP contribution >= 0.6 is 0 Å². The summed E-state index contributed by atoms with van der Waals surface area (Å²) in [5.74, 6) is -0.114. The van der Waals surface area contributed by atoms with Crippen LogP contribution in [0, 0.1) is 5.92 Å². The molecular formula is C12H24N2O2. The molecule has 1 aliphatic heterocycles. The molecule has 1 saturated heterocycles. The van der Waals surface area contributed by atoms with Gasteiger partial charge in [-0.3, -0.25) is 4.79 Å².